The van der Waals surface area contributed by atoms with Crippen LogP contribution in [0.2, 0.25) is 0 Å². The second kappa shape index (κ2) is 7.36. The molecule has 1 N–H and O–H groups in total. The molecule has 4 heteroatoms. The first-order valence-corrected chi connectivity index (χ1v) is 7.77. The zero-order valence-electron chi connectivity index (χ0n) is 11.3. The molecule has 1 saturated heterocycles. The van der Waals surface area contributed by atoms with Crippen LogP contribution in [0.25, 0.3) is 0 Å². The summed E-state index contributed by atoms with van der Waals surface area (Å²) in [6, 6.07) is 5.31. The van der Waals surface area contributed by atoms with Crippen LogP contribution < -0.4 is 5.32 Å². The SMILES string of the molecule is CCCNC(c1cc(F)cc(Br)c1)C1CCCOC1. The van der Waals surface area contributed by atoms with E-state index in [1.165, 1.54) is 6.07 Å². The van der Waals surface area contributed by atoms with E-state index >= 15 is 0 Å². The van der Waals surface area contributed by atoms with E-state index in [0.29, 0.717) is 5.92 Å². The van der Waals surface area contributed by atoms with E-state index in [1.54, 1.807) is 6.07 Å². The maximum atomic E-state index is 13.6. The van der Waals surface area contributed by atoms with Crippen molar-refractivity contribution in [3.05, 3.63) is 34.1 Å². The van der Waals surface area contributed by atoms with E-state index in [4.69, 9.17) is 4.74 Å². The minimum absolute atomic E-state index is 0.173. The molecule has 19 heavy (non-hydrogen) atoms. The topological polar surface area (TPSA) is 21.3 Å². The highest BCUT2D eigenvalue weighted by molar-refractivity contribution is 9.10. The number of rotatable bonds is 5. The molecule has 106 valence electrons. The quantitative estimate of drug-likeness (QED) is 0.879. The Morgan fingerprint density at radius 3 is 2.95 bits per heavy atom. The van der Waals surface area contributed by atoms with Crippen molar-refractivity contribution in [1.29, 1.82) is 0 Å². The highest BCUT2D eigenvalue weighted by Gasteiger charge is 2.25. The second-order valence-electron chi connectivity index (χ2n) is 5.11. The van der Waals surface area contributed by atoms with Gasteiger partial charge in [0, 0.05) is 23.0 Å². The van der Waals surface area contributed by atoms with Crippen LogP contribution in [0.3, 0.4) is 0 Å². The van der Waals surface area contributed by atoms with Crippen molar-refractivity contribution in [2.45, 2.75) is 32.2 Å². The third kappa shape index (κ3) is 4.26. The van der Waals surface area contributed by atoms with E-state index in [9.17, 15) is 4.39 Å². The first-order valence-electron chi connectivity index (χ1n) is 6.98. The Kier molecular flexibility index (Phi) is 5.79. The van der Waals surface area contributed by atoms with Crippen molar-refractivity contribution in [1.82, 2.24) is 5.32 Å². The summed E-state index contributed by atoms with van der Waals surface area (Å²) >= 11 is 3.37. The van der Waals surface area contributed by atoms with Gasteiger partial charge in [0.15, 0.2) is 0 Å². The third-order valence-electron chi connectivity index (χ3n) is 3.53. The first kappa shape index (κ1) is 14.9. The predicted molar refractivity (Wildman–Crippen MR) is 78.7 cm³/mol. The number of hydrogen-bond donors (Lipinski definition) is 1. The van der Waals surface area contributed by atoms with Crippen molar-refractivity contribution in [3.63, 3.8) is 0 Å². The average Bonchev–Trinajstić information content (AvgIpc) is 2.39. The normalized spacial score (nSPS) is 21.3. The Labute approximate surface area is 122 Å². The summed E-state index contributed by atoms with van der Waals surface area (Å²) < 4.78 is 20.0. The zero-order chi connectivity index (χ0) is 13.7. The van der Waals surface area contributed by atoms with Crippen molar-refractivity contribution in [2.24, 2.45) is 5.92 Å². The van der Waals surface area contributed by atoms with Gasteiger partial charge < -0.3 is 10.1 Å². The van der Waals surface area contributed by atoms with Gasteiger partial charge in [0.25, 0.3) is 0 Å². The van der Waals surface area contributed by atoms with Gasteiger partial charge in [-0.1, -0.05) is 22.9 Å². The van der Waals surface area contributed by atoms with E-state index in [2.05, 4.69) is 28.2 Å². The summed E-state index contributed by atoms with van der Waals surface area (Å²) in [6.07, 6.45) is 3.29. The summed E-state index contributed by atoms with van der Waals surface area (Å²) in [5.41, 5.74) is 1.01. The van der Waals surface area contributed by atoms with Crippen molar-refractivity contribution in [2.75, 3.05) is 19.8 Å². The van der Waals surface area contributed by atoms with Crippen LogP contribution >= 0.6 is 15.9 Å². The fourth-order valence-corrected chi connectivity index (χ4v) is 3.12. The Bertz CT molecular complexity index is 387. The van der Waals surface area contributed by atoms with E-state index in [0.717, 1.165) is 49.1 Å². The molecule has 1 aromatic carbocycles. The van der Waals surface area contributed by atoms with Gasteiger partial charge in [-0.2, -0.15) is 0 Å². The Balaban J connectivity index is 2.19. The van der Waals surface area contributed by atoms with Gasteiger partial charge in [-0.25, -0.2) is 4.39 Å². The Hall–Kier alpha value is -0.450. The van der Waals surface area contributed by atoms with Crippen LogP contribution in [-0.4, -0.2) is 19.8 Å². The minimum Gasteiger partial charge on any atom is -0.381 e. The molecule has 0 saturated carbocycles. The van der Waals surface area contributed by atoms with Crippen molar-refractivity contribution >= 4 is 15.9 Å². The highest BCUT2D eigenvalue weighted by Crippen LogP contribution is 2.30. The van der Waals surface area contributed by atoms with Gasteiger partial charge in [-0.05, 0) is 49.6 Å². The molecule has 0 spiro atoms. The van der Waals surface area contributed by atoms with Crippen LogP contribution in [0, 0.1) is 11.7 Å². The summed E-state index contributed by atoms with van der Waals surface area (Å²) in [7, 11) is 0. The molecule has 0 amide bonds. The van der Waals surface area contributed by atoms with Gasteiger partial charge in [0.2, 0.25) is 0 Å². The summed E-state index contributed by atoms with van der Waals surface area (Å²) in [5, 5.41) is 3.54. The highest BCUT2D eigenvalue weighted by atomic mass is 79.9. The predicted octanol–water partition coefficient (Wildman–Crippen LogP) is 4.06. The van der Waals surface area contributed by atoms with Crippen LogP contribution in [-0.2, 0) is 4.74 Å². The van der Waals surface area contributed by atoms with Crippen LogP contribution in [0.5, 0.6) is 0 Å². The molecule has 1 aromatic rings. The van der Waals surface area contributed by atoms with Crippen LogP contribution in [0.15, 0.2) is 22.7 Å². The lowest BCUT2D eigenvalue weighted by atomic mass is 9.88. The monoisotopic (exact) mass is 329 g/mol. The first-order chi connectivity index (χ1) is 9.20. The summed E-state index contributed by atoms with van der Waals surface area (Å²) in [4.78, 5) is 0. The van der Waals surface area contributed by atoms with Crippen molar-refractivity contribution in [3.8, 4) is 0 Å². The molecule has 2 nitrogen and oxygen atoms in total. The Morgan fingerprint density at radius 2 is 2.32 bits per heavy atom. The fraction of sp³-hybridized carbons (Fsp3) is 0.600. The standard InChI is InChI=1S/C15H21BrFNO/c1-2-5-18-15(11-4-3-6-19-10-11)12-7-13(16)9-14(17)8-12/h7-9,11,15,18H,2-6,10H2,1H3. The number of benzene rings is 1. The lowest BCUT2D eigenvalue weighted by molar-refractivity contribution is 0.0390. The second-order valence-corrected chi connectivity index (χ2v) is 6.03. The molecule has 1 heterocycles. The molecule has 2 unspecified atom stereocenters. The molecule has 2 atom stereocenters. The number of ether oxygens (including phenoxy) is 1. The number of halogens is 2. The molecule has 0 bridgehead atoms. The molecular weight excluding hydrogens is 309 g/mol. The molecule has 0 aromatic heterocycles. The van der Waals surface area contributed by atoms with Gasteiger partial charge in [-0.15, -0.1) is 0 Å². The van der Waals surface area contributed by atoms with Gasteiger partial charge in [0.1, 0.15) is 5.82 Å². The van der Waals surface area contributed by atoms with Gasteiger partial charge in [-0.3, -0.25) is 0 Å². The van der Waals surface area contributed by atoms with Gasteiger partial charge >= 0.3 is 0 Å². The number of hydrogen-bond acceptors (Lipinski definition) is 2. The fourth-order valence-electron chi connectivity index (χ4n) is 2.64. The average molecular weight is 330 g/mol. The maximum absolute atomic E-state index is 13.6. The molecular formula is C15H21BrFNO. The maximum Gasteiger partial charge on any atom is 0.124 e. The lowest BCUT2D eigenvalue weighted by Gasteiger charge is -2.31. The lowest BCUT2D eigenvalue weighted by Crippen LogP contribution is -2.34. The summed E-state index contributed by atoms with van der Waals surface area (Å²) in [6.45, 7) is 4.69. The largest absolute Gasteiger partial charge is 0.381 e. The summed E-state index contributed by atoms with van der Waals surface area (Å²) in [5.74, 6) is 0.235. The van der Waals surface area contributed by atoms with E-state index in [1.807, 2.05) is 6.07 Å². The smallest absolute Gasteiger partial charge is 0.124 e. The van der Waals surface area contributed by atoms with Gasteiger partial charge in [0.05, 0.1) is 6.61 Å². The Morgan fingerprint density at radius 1 is 1.47 bits per heavy atom. The van der Waals surface area contributed by atoms with Crippen LogP contribution in [0.1, 0.15) is 37.8 Å². The third-order valence-corrected chi connectivity index (χ3v) is 3.98. The number of nitrogens with one attached hydrogen (secondary N) is 1. The minimum atomic E-state index is -0.190. The van der Waals surface area contributed by atoms with Crippen LogP contribution in [0.4, 0.5) is 4.39 Å². The van der Waals surface area contributed by atoms with E-state index in [-0.39, 0.29) is 11.9 Å². The molecule has 1 aliphatic rings. The molecule has 2 rings (SSSR count). The van der Waals surface area contributed by atoms with E-state index < -0.39 is 0 Å². The zero-order valence-corrected chi connectivity index (χ0v) is 12.9. The molecule has 0 radical (unpaired) electrons. The molecule has 1 aliphatic heterocycles. The molecule has 1 fully saturated rings. The molecule has 0 aliphatic carbocycles. The van der Waals surface area contributed by atoms with Crippen molar-refractivity contribution < 1.29 is 9.13 Å².